The van der Waals surface area contributed by atoms with E-state index < -0.39 is 9.84 Å². The Morgan fingerprint density at radius 2 is 2.10 bits per heavy atom. The van der Waals surface area contributed by atoms with Gasteiger partial charge in [-0.25, -0.2) is 8.42 Å². The van der Waals surface area contributed by atoms with Gasteiger partial charge in [0.2, 0.25) is 5.91 Å². The van der Waals surface area contributed by atoms with E-state index >= 15 is 0 Å². The number of likely N-dealkylation sites (tertiary alicyclic amines) is 1. The van der Waals surface area contributed by atoms with Crippen LogP contribution in [0, 0.1) is 0 Å². The molecule has 0 unspecified atom stereocenters. The van der Waals surface area contributed by atoms with Gasteiger partial charge in [-0.2, -0.15) is 0 Å². The van der Waals surface area contributed by atoms with Crippen molar-refractivity contribution in [2.45, 2.75) is 30.8 Å². The Bertz CT molecular complexity index is 1060. The summed E-state index contributed by atoms with van der Waals surface area (Å²) < 4.78 is 35.8. The molecule has 2 aromatic rings. The topological polar surface area (TPSA) is 89.0 Å². The van der Waals surface area contributed by atoms with Crippen LogP contribution in [0.5, 0.6) is 11.5 Å². The maximum atomic E-state index is 11.9. The Balaban J connectivity index is 1.58. The highest BCUT2D eigenvalue weighted by Gasteiger charge is 2.28. The van der Waals surface area contributed by atoms with Crippen molar-refractivity contribution in [3.63, 3.8) is 0 Å². The Hall–Kier alpha value is -2.81. The lowest BCUT2D eigenvalue weighted by Gasteiger charge is -2.31. The van der Waals surface area contributed by atoms with Crippen molar-refractivity contribution in [1.29, 1.82) is 0 Å². The molecule has 3 heterocycles. The molecule has 0 spiro atoms. The van der Waals surface area contributed by atoms with Crippen molar-refractivity contribution >= 4 is 27.1 Å². The van der Waals surface area contributed by atoms with Crippen molar-refractivity contribution in [3.05, 3.63) is 36.7 Å². The summed E-state index contributed by atoms with van der Waals surface area (Å²) in [5, 5.41) is 0. The van der Waals surface area contributed by atoms with E-state index in [0.717, 1.165) is 12.1 Å². The molecule has 160 valence electrons. The van der Waals surface area contributed by atoms with E-state index in [1.807, 2.05) is 34.9 Å². The molecule has 30 heavy (non-hydrogen) atoms. The number of sulfone groups is 1. The lowest BCUT2D eigenvalue weighted by molar-refractivity contribution is -0.130. The summed E-state index contributed by atoms with van der Waals surface area (Å²) in [5.41, 5.74) is 1.48. The van der Waals surface area contributed by atoms with Crippen molar-refractivity contribution in [1.82, 2.24) is 9.88 Å². The molecule has 2 aliphatic heterocycles. The van der Waals surface area contributed by atoms with Gasteiger partial charge >= 0.3 is 0 Å². The van der Waals surface area contributed by atoms with Crippen LogP contribution < -0.4 is 14.4 Å². The first-order valence-electron chi connectivity index (χ1n) is 9.99. The number of hydrogen-bond donors (Lipinski definition) is 0. The first-order valence-corrected chi connectivity index (χ1v) is 11.9. The molecule has 4 rings (SSSR count). The third-order valence-electron chi connectivity index (χ3n) is 5.34. The predicted octanol–water partition coefficient (Wildman–Crippen LogP) is 2.41. The summed E-state index contributed by atoms with van der Waals surface area (Å²) in [6.45, 7) is 4.20. The van der Waals surface area contributed by atoms with Crippen LogP contribution in [0.2, 0.25) is 0 Å². The van der Waals surface area contributed by atoms with Gasteiger partial charge in [0.1, 0.15) is 24.2 Å². The van der Waals surface area contributed by atoms with Gasteiger partial charge in [-0.3, -0.25) is 9.78 Å². The van der Waals surface area contributed by atoms with Crippen LogP contribution in [0.15, 0.2) is 41.6 Å². The normalized spacial score (nSPS) is 18.7. The van der Waals surface area contributed by atoms with Gasteiger partial charge < -0.3 is 19.3 Å². The van der Waals surface area contributed by atoms with Crippen LogP contribution in [0.1, 0.15) is 19.8 Å². The van der Waals surface area contributed by atoms with Crippen molar-refractivity contribution in [2.24, 2.45) is 0 Å². The van der Waals surface area contributed by atoms with Crippen LogP contribution in [0.3, 0.4) is 0 Å². The maximum absolute atomic E-state index is 11.9. The average Bonchev–Trinajstić information content (AvgIpc) is 3.20. The number of carbonyl (C=O) groups excluding carboxylic acids is 1. The van der Waals surface area contributed by atoms with E-state index in [4.69, 9.17) is 9.47 Å². The van der Waals surface area contributed by atoms with Crippen LogP contribution in [0.4, 0.5) is 11.4 Å². The number of anilines is 2. The van der Waals surface area contributed by atoms with Gasteiger partial charge in [0.15, 0.2) is 9.84 Å². The Labute approximate surface area is 176 Å². The quantitative estimate of drug-likeness (QED) is 0.718. The molecule has 1 saturated heterocycles. The Morgan fingerprint density at radius 3 is 2.87 bits per heavy atom. The Morgan fingerprint density at radius 1 is 1.27 bits per heavy atom. The number of nitrogens with zero attached hydrogens (tertiary/aromatic N) is 3. The van der Waals surface area contributed by atoms with Crippen LogP contribution in [-0.2, 0) is 14.6 Å². The highest BCUT2D eigenvalue weighted by atomic mass is 32.2. The van der Waals surface area contributed by atoms with Crippen LogP contribution in [-0.4, -0.2) is 62.8 Å². The van der Waals surface area contributed by atoms with Crippen LogP contribution in [0.25, 0.3) is 0 Å². The summed E-state index contributed by atoms with van der Waals surface area (Å²) in [5.74, 6) is 1.53. The SMILES string of the molecule is CCC(=O)N1CC[C@H](Oc2ccc3c(c2)N(c2cncc(S(C)(=O)=O)c2)CCO3)C1. The number of rotatable bonds is 5. The number of pyridine rings is 1. The van der Waals surface area contributed by atoms with Crippen molar-refractivity contribution < 1.29 is 22.7 Å². The first-order chi connectivity index (χ1) is 14.3. The second-order valence-corrected chi connectivity index (χ2v) is 9.52. The lowest BCUT2D eigenvalue weighted by Crippen LogP contribution is -2.30. The summed E-state index contributed by atoms with van der Waals surface area (Å²) in [4.78, 5) is 20.0. The van der Waals surface area contributed by atoms with E-state index in [2.05, 4.69) is 4.98 Å². The third-order valence-corrected chi connectivity index (χ3v) is 6.41. The minimum Gasteiger partial charge on any atom is -0.490 e. The lowest BCUT2D eigenvalue weighted by atomic mass is 10.2. The molecule has 1 fully saturated rings. The first kappa shape index (κ1) is 20.5. The largest absolute Gasteiger partial charge is 0.490 e. The number of benzene rings is 1. The Kier molecular flexibility index (Phi) is 5.55. The predicted molar refractivity (Wildman–Crippen MR) is 112 cm³/mol. The molecular weight excluding hydrogens is 406 g/mol. The zero-order chi connectivity index (χ0) is 21.3. The second kappa shape index (κ2) is 8.14. The number of amides is 1. The standard InChI is InChI=1S/C21H25N3O5S/c1-3-21(25)23-7-6-17(14-23)29-16-4-5-20-19(11-16)24(8-9-28-20)15-10-18(13-22-12-15)30(2,26)27/h4-5,10-13,17H,3,6-9,14H2,1-2H3/t17-/m0/s1. The number of fused-ring (bicyclic) bond motifs is 1. The summed E-state index contributed by atoms with van der Waals surface area (Å²) in [6, 6.07) is 7.23. The molecule has 2 aliphatic rings. The summed E-state index contributed by atoms with van der Waals surface area (Å²) in [7, 11) is -3.36. The smallest absolute Gasteiger partial charge is 0.222 e. The van der Waals surface area contributed by atoms with Crippen molar-refractivity contribution in [3.8, 4) is 11.5 Å². The van der Waals surface area contributed by atoms with Gasteiger partial charge in [-0.1, -0.05) is 6.92 Å². The minimum atomic E-state index is -3.36. The molecule has 9 heteroatoms. The number of carbonyl (C=O) groups is 1. The summed E-state index contributed by atoms with van der Waals surface area (Å²) in [6.07, 6.45) is 5.40. The highest BCUT2D eigenvalue weighted by Crippen LogP contribution is 2.39. The fourth-order valence-electron chi connectivity index (χ4n) is 3.76. The highest BCUT2D eigenvalue weighted by molar-refractivity contribution is 7.90. The zero-order valence-electron chi connectivity index (χ0n) is 17.1. The van der Waals surface area contributed by atoms with Gasteiger partial charge in [0, 0.05) is 37.9 Å². The average molecular weight is 432 g/mol. The third kappa shape index (κ3) is 4.21. The van der Waals surface area contributed by atoms with Gasteiger partial charge in [-0.05, 0) is 18.2 Å². The zero-order valence-corrected chi connectivity index (χ0v) is 17.9. The maximum Gasteiger partial charge on any atom is 0.222 e. The summed E-state index contributed by atoms with van der Waals surface area (Å²) >= 11 is 0. The van der Waals surface area contributed by atoms with Crippen LogP contribution >= 0.6 is 0 Å². The second-order valence-electron chi connectivity index (χ2n) is 7.50. The molecular formula is C21H25N3O5S. The van der Waals surface area contributed by atoms with Gasteiger partial charge in [0.25, 0.3) is 0 Å². The monoisotopic (exact) mass is 431 g/mol. The fraction of sp³-hybridized carbons (Fsp3) is 0.429. The number of hydrogen-bond acceptors (Lipinski definition) is 7. The molecule has 0 saturated carbocycles. The van der Waals surface area contributed by atoms with E-state index in [1.54, 1.807) is 12.3 Å². The van der Waals surface area contributed by atoms with E-state index in [1.165, 1.54) is 12.5 Å². The molecule has 1 aromatic heterocycles. The van der Waals surface area contributed by atoms with E-state index in [-0.39, 0.29) is 16.9 Å². The number of aromatic nitrogens is 1. The van der Waals surface area contributed by atoms with Gasteiger partial charge in [0.05, 0.1) is 35.6 Å². The number of ether oxygens (including phenoxy) is 2. The molecule has 1 atom stereocenters. The molecule has 0 bridgehead atoms. The molecule has 0 N–H and O–H groups in total. The fourth-order valence-corrected chi connectivity index (χ4v) is 4.35. The molecule has 1 amide bonds. The van der Waals surface area contributed by atoms with Gasteiger partial charge in [-0.15, -0.1) is 0 Å². The molecule has 0 aliphatic carbocycles. The van der Waals surface area contributed by atoms with E-state index in [9.17, 15) is 13.2 Å². The van der Waals surface area contributed by atoms with E-state index in [0.29, 0.717) is 49.8 Å². The minimum absolute atomic E-state index is 0.0493. The molecule has 0 radical (unpaired) electrons. The molecule has 1 aromatic carbocycles. The molecule has 8 nitrogen and oxygen atoms in total. The van der Waals surface area contributed by atoms with Crippen molar-refractivity contribution in [2.75, 3.05) is 37.4 Å².